The maximum atomic E-state index is 10.9. The lowest BCUT2D eigenvalue weighted by molar-refractivity contribution is -0.142. The van der Waals surface area contributed by atoms with Crippen LogP contribution >= 0.6 is 12.4 Å². The normalized spacial score (nSPS) is 23.5. The van der Waals surface area contributed by atoms with Gasteiger partial charge in [0.25, 0.3) is 0 Å². The molecule has 0 spiro atoms. The van der Waals surface area contributed by atoms with E-state index in [2.05, 4.69) is 15.3 Å². The Balaban J connectivity index is 0.00000144. The largest absolute Gasteiger partial charge is 0.481 e. The zero-order valence-electron chi connectivity index (χ0n) is 9.37. The van der Waals surface area contributed by atoms with Crippen LogP contribution in [0.25, 0.3) is 0 Å². The minimum absolute atomic E-state index is 0. The summed E-state index contributed by atoms with van der Waals surface area (Å²) in [7, 11) is 0. The summed E-state index contributed by atoms with van der Waals surface area (Å²) in [5.41, 5.74) is 0. The van der Waals surface area contributed by atoms with Gasteiger partial charge in [-0.15, -0.1) is 12.4 Å². The van der Waals surface area contributed by atoms with Gasteiger partial charge < -0.3 is 10.4 Å². The maximum Gasteiger partial charge on any atom is 0.306 e. The molecule has 0 aromatic carbocycles. The van der Waals surface area contributed by atoms with E-state index in [1.807, 2.05) is 0 Å². The van der Waals surface area contributed by atoms with Crippen molar-refractivity contribution in [1.29, 1.82) is 0 Å². The zero-order valence-corrected chi connectivity index (χ0v) is 10.2. The predicted octanol–water partition coefficient (Wildman–Crippen LogP) is 1.95. The van der Waals surface area contributed by atoms with E-state index in [-0.39, 0.29) is 24.4 Å². The van der Waals surface area contributed by atoms with Crippen molar-refractivity contribution in [2.45, 2.75) is 31.7 Å². The number of rotatable bonds is 3. The fraction of sp³-hybridized carbons (Fsp3) is 0.545. The molecule has 0 radical (unpaired) electrons. The van der Waals surface area contributed by atoms with Crippen molar-refractivity contribution in [3.63, 3.8) is 0 Å². The molecule has 94 valence electrons. The van der Waals surface area contributed by atoms with Gasteiger partial charge in [-0.1, -0.05) is 6.42 Å². The topological polar surface area (TPSA) is 75.1 Å². The van der Waals surface area contributed by atoms with Crippen molar-refractivity contribution in [1.82, 2.24) is 9.97 Å². The van der Waals surface area contributed by atoms with E-state index in [1.54, 1.807) is 18.6 Å². The van der Waals surface area contributed by atoms with Crippen molar-refractivity contribution < 1.29 is 9.90 Å². The fourth-order valence-corrected chi connectivity index (χ4v) is 2.13. The van der Waals surface area contributed by atoms with Gasteiger partial charge in [-0.25, -0.2) is 4.98 Å². The third-order valence-electron chi connectivity index (χ3n) is 2.94. The molecule has 2 rings (SSSR count). The van der Waals surface area contributed by atoms with Gasteiger partial charge in [0.05, 0.1) is 12.1 Å². The molecule has 5 nitrogen and oxygen atoms in total. The molecule has 1 aromatic rings. The van der Waals surface area contributed by atoms with Crippen LogP contribution in [0.4, 0.5) is 5.82 Å². The van der Waals surface area contributed by atoms with E-state index in [0.717, 1.165) is 25.1 Å². The Bertz CT molecular complexity index is 361. The van der Waals surface area contributed by atoms with Crippen LogP contribution in [0.1, 0.15) is 25.7 Å². The Hall–Kier alpha value is -1.36. The van der Waals surface area contributed by atoms with Crippen LogP contribution in [-0.4, -0.2) is 27.1 Å². The molecule has 1 aliphatic rings. The lowest BCUT2D eigenvalue weighted by Crippen LogP contribution is -2.31. The Morgan fingerprint density at radius 2 is 2.24 bits per heavy atom. The maximum absolute atomic E-state index is 10.9. The van der Waals surface area contributed by atoms with Gasteiger partial charge in [0.1, 0.15) is 5.82 Å². The van der Waals surface area contributed by atoms with Gasteiger partial charge in [-0.2, -0.15) is 0 Å². The van der Waals surface area contributed by atoms with E-state index in [9.17, 15) is 4.79 Å². The van der Waals surface area contributed by atoms with Gasteiger partial charge in [0, 0.05) is 18.4 Å². The summed E-state index contributed by atoms with van der Waals surface area (Å²) in [6.45, 7) is 0. The molecule has 2 atom stereocenters. The highest BCUT2D eigenvalue weighted by molar-refractivity contribution is 5.85. The third kappa shape index (κ3) is 3.85. The SMILES string of the molecule is Cl.O=C(O)C1CCCC(Nc2cnccn2)C1. The van der Waals surface area contributed by atoms with Gasteiger partial charge >= 0.3 is 5.97 Å². The van der Waals surface area contributed by atoms with Gasteiger partial charge in [0.15, 0.2) is 0 Å². The standard InChI is InChI=1S/C11H15N3O2.ClH/c15-11(16)8-2-1-3-9(6-8)14-10-7-12-4-5-13-10;/h4-5,7-9H,1-3,6H2,(H,13,14)(H,15,16);1H. The molecule has 1 heterocycles. The third-order valence-corrected chi connectivity index (χ3v) is 2.94. The number of anilines is 1. The second kappa shape index (κ2) is 6.39. The number of carboxylic acids is 1. The first-order valence-electron chi connectivity index (χ1n) is 5.51. The highest BCUT2D eigenvalue weighted by Crippen LogP contribution is 2.26. The van der Waals surface area contributed by atoms with E-state index >= 15 is 0 Å². The lowest BCUT2D eigenvalue weighted by atomic mass is 9.86. The summed E-state index contributed by atoms with van der Waals surface area (Å²) in [5, 5.41) is 12.2. The van der Waals surface area contributed by atoms with Crippen molar-refractivity contribution in [2.24, 2.45) is 5.92 Å². The van der Waals surface area contributed by atoms with Crippen molar-refractivity contribution in [3.8, 4) is 0 Å². The van der Waals surface area contributed by atoms with E-state index < -0.39 is 5.97 Å². The van der Waals surface area contributed by atoms with Gasteiger partial charge in [-0.3, -0.25) is 9.78 Å². The molecule has 2 unspecified atom stereocenters. The number of hydrogen-bond acceptors (Lipinski definition) is 4. The van der Waals surface area contributed by atoms with E-state index in [4.69, 9.17) is 5.11 Å². The summed E-state index contributed by atoms with van der Waals surface area (Å²) in [6.07, 6.45) is 8.31. The van der Waals surface area contributed by atoms with E-state index in [1.165, 1.54) is 0 Å². The molecule has 0 amide bonds. The first-order chi connectivity index (χ1) is 7.75. The minimum atomic E-state index is -0.689. The highest BCUT2D eigenvalue weighted by Gasteiger charge is 2.26. The van der Waals surface area contributed by atoms with Gasteiger partial charge in [0.2, 0.25) is 0 Å². The van der Waals surface area contributed by atoms with Crippen molar-refractivity contribution >= 4 is 24.2 Å². The predicted molar refractivity (Wildman–Crippen MR) is 66.3 cm³/mol. The monoisotopic (exact) mass is 257 g/mol. The fourth-order valence-electron chi connectivity index (χ4n) is 2.13. The molecular formula is C11H16ClN3O2. The minimum Gasteiger partial charge on any atom is -0.481 e. The Morgan fingerprint density at radius 3 is 2.88 bits per heavy atom. The first kappa shape index (κ1) is 13.7. The van der Waals surface area contributed by atoms with Crippen LogP contribution in [-0.2, 0) is 4.79 Å². The van der Waals surface area contributed by atoms with Crippen LogP contribution in [0.3, 0.4) is 0 Å². The second-order valence-corrected chi connectivity index (χ2v) is 4.13. The molecule has 1 aromatic heterocycles. The van der Waals surface area contributed by atoms with Crippen molar-refractivity contribution in [2.75, 3.05) is 5.32 Å². The van der Waals surface area contributed by atoms with Crippen LogP contribution in [0.15, 0.2) is 18.6 Å². The average Bonchev–Trinajstić information content (AvgIpc) is 2.30. The second-order valence-electron chi connectivity index (χ2n) is 4.13. The molecule has 1 fully saturated rings. The summed E-state index contributed by atoms with van der Waals surface area (Å²) in [5.74, 6) is -0.188. The van der Waals surface area contributed by atoms with Crippen LogP contribution in [0.5, 0.6) is 0 Å². The number of aliphatic carboxylic acids is 1. The molecule has 1 aliphatic carbocycles. The molecule has 0 bridgehead atoms. The summed E-state index contributed by atoms with van der Waals surface area (Å²) < 4.78 is 0. The van der Waals surface area contributed by atoms with E-state index in [0.29, 0.717) is 6.42 Å². The summed E-state index contributed by atoms with van der Waals surface area (Å²) >= 11 is 0. The number of carboxylic acid groups (broad SMARTS) is 1. The van der Waals surface area contributed by atoms with Crippen LogP contribution in [0.2, 0.25) is 0 Å². The molecule has 1 saturated carbocycles. The number of aromatic nitrogens is 2. The molecule has 0 saturated heterocycles. The lowest BCUT2D eigenvalue weighted by Gasteiger charge is -2.27. The number of nitrogens with zero attached hydrogens (tertiary/aromatic N) is 2. The Kier molecular flexibility index (Phi) is 5.15. The van der Waals surface area contributed by atoms with Crippen molar-refractivity contribution in [3.05, 3.63) is 18.6 Å². The number of hydrogen-bond donors (Lipinski definition) is 2. The Labute approximate surface area is 106 Å². The molecule has 0 aliphatic heterocycles. The molecular weight excluding hydrogens is 242 g/mol. The molecule has 2 N–H and O–H groups in total. The summed E-state index contributed by atoms with van der Waals surface area (Å²) in [4.78, 5) is 19.0. The molecule has 6 heteroatoms. The smallest absolute Gasteiger partial charge is 0.306 e. The molecule has 17 heavy (non-hydrogen) atoms. The highest BCUT2D eigenvalue weighted by atomic mass is 35.5. The zero-order chi connectivity index (χ0) is 11.4. The van der Waals surface area contributed by atoms with Gasteiger partial charge in [-0.05, 0) is 19.3 Å². The quantitative estimate of drug-likeness (QED) is 0.866. The Morgan fingerprint density at radius 1 is 1.41 bits per heavy atom. The number of halogens is 1. The number of nitrogens with one attached hydrogen (secondary N) is 1. The van der Waals surface area contributed by atoms with Crippen LogP contribution < -0.4 is 5.32 Å². The average molecular weight is 258 g/mol. The number of carbonyl (C=O) groups is 1. The summed E-state index contributed by atoms with van der Waals surface area (Å²) in [6, 6.07) is 0.201. The first-order valence-corrected chi connectivity index (χ1v) is 5.51. The van der Waals surface area contributed by atoms with Crippen LogP contribution in [0, 0.1) is 5.92 Å².